The first-order chi connectivity index (χ1) is 5.47. The van der Waals surface area contributed by atoms with Crippen LogP contribution in [0, 0.1) is 0 Å². The summed E-state index contributed by atoms with van der Waals surface area (Å²) >= 11 is 0. The van der Waals surface area contributed by atoms with Gasteiger partial charge < -0.3 is 4.74 Å². The van der Waals surface area contributed by atoms with Crippen LogP contribution in [-0.4, -0.2) is 0 Å². The predicted molar refractivity (Wildman–Crippen MR) is 45.0 cm³/mol. The topological polar surface area (TPSA) is 12.5 Å². The molecule has 0 aromatic rings. The van der Waals surface area contributed by atoms with E-state index in [0.29, 0.717) is 0 Å². The highest BCUT2D eigenvalue weighted by Crippen LogP contribution is 2.35. The Labute approximate surface area is 68.4 Å². The van der Waals surface area contributed by atoms with E-state index in [0.717, 1.165) is 0 Å². The first-order valence-corrected chi connectivity index (χ1v) is 4.87. The molecule has 2 rings (SSSR count). The van der Waals surface area contributed by atoms with E-state index in [-0.39, 0.29) is 0 Å². The molecule has 1 nitrogen and oxygen atoms in total. The Balaban J connectivity index is 1.82. The number of hydrogen-bond acceptors (Lipinski definition) is 1. The third kappa shape index (κ3) is 1.98. The molecule has 0 atom stereocenters. The van der Waals surface area contributed by atoms with Crippen LogP contribution in [0.25, 0.3) is 0 Å². The van der Waals surface area contributed by atoms with Crippen LogP contribution >= 0.6 is 0 Å². The lowest BCUT2D eigenvalue weighted by molar-refractivity contribution is 0.434. The molecule has 0 fully saturated rings. The maximum atomic E-state index is 5.38. The van der Waals surface area contributed by atoms with Gasteiger partial charge in [-0.25, -0.2) is 0 Å². The van der Waals surface area contributed by atoms with Crippen molar-refractivity contribution in [2.45, 2.75) is 51.4 Å². The molecule has 1 heterocycles. The second-order valence-electron chi connectivity index (χ2n) is 3.57. The highest BCUT2D eigenvalue weighted by Gasteiger charge is 2.23. The van der Waals surface area contributed by atoms with Gasteiger partial charge in [-0.3, -0.25) is 0 Å². The van der Waals surface area contributed by atoms with E-state index in [1.165, 1.54) is 62.9 Å². The fraction of sp³-hybridized carbons (Fsp3) is 0.800. The molecule has 0 N–H and O–H groups in total. The van der Waals surface area contributed by atoms with Crippen LogP contribution in [-0.2, 0) is 4.74 Å². The van der Waals surface area contributed by atoms with Gasteiger partial charge in [-0.1, -0.05) is 25.7 Å². The number of hydrogen-bond donors (Lipinski definition) is 0. The molecule has 0 amide bonds. The smallest absolute Gasteiger partial charge is 0.142 e. The maximum absolute atomic E-state index is 5.38. The van der Waals surface area contributed by atoms with Gasteiger partial charge in [0.2, 0.25) is 0 Å². The summed E-state index contributed by atoms with van der Waals surface area (Å²) in [4.78, 5) is 0. The van der Waals surface area contributed by atoms with E-state index in [9.17, 15) is 0 Å². The molecule has 0 unspecified atom stereocenters. The summed E-state index contributed by atoms with van der Waals surface area (Å²) in [6.07, 6.45) is 10.8. The zero-order valence-corrected chi connectivity index (χ0v) is 7.07. The average molecular weight is 152 g/mol. The highest BCUT2D eigenvalue weighted by atomic mass is 16.6. The summed E-state index contributed by atoms with van der Waals surface area (Å²) in [6.45, 7) is 0. The Morgan fingerprint density at radius 2 is 1.09 bits per heavy atom. The SMILES string of the molecule is C1CCCCC2=C(CCC1)O2. The van der Waals surface area contributed by atoms with Gasteiger partial charge in [0.15, 0.2) is 0 Å². The molecule has 1 heteroatoms. The zero-order valence-electron chi connectivity index (χ0n) is 7.07. The minimum absolute atomic E-state index is 1.22. The first kappa shape index (κ1) is 7.20. The molecule has 0 saturated carbocycles. The Kier molecular flexibility index (Phi) is 2.16. The van der Waals surface area contributed by atoms with Gasteiger partial charge in [0.25, 0.3) is 0 Å². The molecule has 11 heavy (non-hydrogen) atoms. The van der Waals surface area contributed by atoms with E-state index in [1.807, 2.05) is 0 Å². The number of ether oxygens (including phenoxy) is 1. The van der Waals surface area contributed by atoms with Crippen LogP contribution in [0.2, 0.25) is 0 Å². The first-order valence-electron chi connectivity index (χ1n) is 4.87. The largest absolute Gasteiger partial charge is 0.459 e. The molecule has 2 aliphatic rings. The van der Waals surface area contributed by atoms with Crippen molar-refractivity contribution in [2.75, 3.05) is 0 Å². The van der Waals surface area contributed by atoms with Crippen LogP contribution in [0.15, 0.2) is 11.5 Å². The molecular formula is C10H16O. The lowest BCUT2D eigenvalue weighted by atomic mass is 10.1. The Hall–Kier alpha value is -0.460. The molecule has 1 aliphatic carbocycles. The van der Waals surface area contributed by atoms with E-state index in [1.54, 1.807) is 0 Å². The van der Waals surface area contributed by atoms with E-state index >= 15 is 0 Å². The third-order valence-electron chi connectivity index (χ3n) is 2.57. The molecule has 62 valence electrons. The van der Waals surface area contributed by atoms with Gasteiger partial charge in [0.1, 0.15) is 11.5 Å². The van der Waals surface area contributed by atoms with Gasteiger partial charge in [0.05, 0.1) is 0 Å². The second-order valence-corrected chi connectivity index (χ2v) is 3.57. The fourth-order valence-electron chi connectivity index (χ4n) is 1.78. The monoisotopic (exact) mass is 152 g/mol. The van der Waals surface area contributed by atoms with Crippen molar-refractivity contribution in [3.05, 3.63) is 11.5 Å². The lowest BCUT2D eigenvalue weighted by Gasteiger charge is -1.98. The molecule has 0 radical (unpaired) electrons. The van der Waals surface area contributed by atoms with Crippen molar-refractivity contribution in [3.63, 3.8) is 0 Å². The van der Waals surface area contributed by atoms with Gasteiger partial charge in [-0.2, -0.15) is 0 Å². The van der Waals surface area contributed by atoms with E-state index < -0.39 is 0 Å². The van der Waals surface area contributed by atoms with Crippen LogP contribution in [0.1, 0.15) is 51.4 Å². The maximum Gasteiger partial charge on any atom is 0.142 e. The molecule has 0 spiro atoms. The molecule has 0 aromatic carbocycles. The van der Waals surface area contributed by atoms with Gasteiger partial charge in [0, 0.05) is 12.8 Å². The van der Waals surface area contributed by atoms with Crippen LogP contribution < -0.4 is 0 Å². The molecular weight excluding hydrogens is 136 g/mol. The van der Waals surface area contributed by atoms with Crippen molar-refractivity contribution >= 4 is 0 Å². The van der Waals surface area contributed by atoms with Crippen molar-refractivity contribution in [2.24, 2.45) is 0 Å². The van der Waals surface area contributed by atoms with Crippen molar-refractivity contribution in [1.29, 1.82) is 0 Å². The van der Waals surface area contributed by atoms with Gasteiger partial charge >= 0.3 is 0 Å². The lowest BCUT2D eigenvalue weighted by Crippen LogP contribution is -1.81. The van der Waals surface area contributed by atoms with Crippen LogP contribution in [0.4, 0.5) is 0 Å². The van der Waals surface area contributed by atoms with Crippen LogP contribution in [0.3, 0.4) is 0 Å². The Morgan fingerprint density at radius 1 is 0.636 bits per heavy atom. The van der Waals surface area contributed by atoms with Crippen molar-refractivity contribution < 1.29 is 4.74 Å². The summed E-state index contributed by atoms with van der Waals surface area (Å²) in [5.74, 6) is 2.65. The standard InChI is InChI=1S/C10H16O/c1-2-4-6-8-10-9(11-10)7-5-3-1/h1-8H2. The Morgan fingerprint density at radius 3 is 1.64 bits per heavy atom. The van der Waals surface area contributed by atoms with E-state index in [4.69, 9.17) is 4.74 Å². The zero-order chi connectivity index (χ0) is 7.52. The molecule has 0 aromatic heterocycles. The highest BCUT2D eigenvalue weighted by molar-refractivity contribution is 5.17. The Bertz CT molecular complexity index is 152. The molecule has 1 aliphatic heterocycles. The second kappa shape index (κ2) is 3.29. The summed E-state index contributed by atoms with van der Waals surface area (Å²) in [7, 11) is 0. The number of rotatable bonds is 0. The van der Waals surface area contributed by atoms with Crippen LogP contribution in [0.5, 0.6) is 0 Å². The van der Waals surface area contributed by atoms with Gasteiger partial charge in [-0.05, 0) is 12.8 Å². The summed E-state index contributed by atoms with van der Waals surface area (Å²) in [5, 5.41) is 0. The molecule has 0 bridgehead atoms. The van der Waals surface area contributed by atoms with Crippen molar-refractivity contribution in [1.82, 2.24) is 0 Å². The summed E-state index contributed by atoms with van der Waals surface area (Å²) in [5.41, 5.74) is 0. The minimum Gasteiger partial charge on any atom is -0.459 e. The minimum atomic E-state index is 1.22. The van der Waals surface area contributed by atoms with Crippen molar-refractivity contribution in [3.8, 4) is 0 Å². The average Bonchev–Trinajstić information content (AvgIpc) is 2.76. The molecule has 0 saturated heterocycles. The number of allylic oxidation sites excluding steroid dienone is 2. The summed E-state index contributed by atoms with van der Waals surface area (Å²) in [6, 6.07) is 0. The third-order valence-corrected chi connectivity index (χ3v) is 2.57. The fourth-order valence-corrected chi connectivity index (χ4v) is 1.78. The van der Waals surface area contributed by atoms with Gasteiger partial charge in [-0.15, -0.1) is 0 Å². The van der Waals surface area contributed by atoms with E-state index in [2.05, 4.69) is 0 Å². The summed E-state index contributed by atoms with van der Waals surface area (Å²) < 4.78 is 5.38. The predicted octanol–water partition coefficient (Wildman–Crippen LogP) is 3.36. The quantitative estimate of drug-likeness (QED) is 0.518. The normalized spacial score (nSPS) is 25.5.